The van der Waals surface area contributed by atoms with Gasteiger partial charge in [0.05, 0.1) is 17.3 Å². The molecule has 1 aromatic carbocycles. The van der Waals surface area contributed by atoms with E-state index in [0.29, 0.717) is 6.42 Å². The Bertz CT molecular complexity index is 1320. The number of benzene rings is 1. The highest BCUT2D eigenvalue weighted by Crippen LogP contribution is 2.48. The monoisotopic (exact) mass is 509 g/mol. The first-order valence-electron chi connectivity index (χ1n) is 11.9. The highest BCUT2D eigenvalue weighted by Gasteiger charge is 2.53. The largest absolute Gasteiger partial charge is 0.416 e. The number of hydrogen-bond donors (Lipinski definition) is 2. The van der Waals surface area contributed by atoms with Crippen molar-refractivity contribution in [2.75, 3.05) is 0 Å². The summed E-state index contributed by atoms with van der Waals surface area (Å²) >= 11 is 0. The van der Waals surface area contributed by atoms with E-state index in [9.17, 15) is 22.4 Å². The van der Waals surface area contributed by atoms with Gasteiger partial charge in [-0.05, 0) is 36.8 Å². The highest BCUT2D eigenvalue weighted by atomic mass is 19.4. The van der Waals surface area contributed by atoms with Crippen LogP contribution in [0.4, 0.5) is 22.4 Å². The van der Waals surface area contributed by atoms with Gasteiger partial charge in [0.1, 0.15) is 11.2 Å². The molecule has 1 aliphatic heterocycles. The standard InChI is InChI=1S/C29H27F4N3O/c1-26(15-9-12-22(19-26)29(31,32)33)28(18-21-10-5-3-6-11-21,24-14-13-23(30)20-34-24)36-25(37)35-27(2)16-7-4-8-17-27/h3-12,16,19-20H,15,17-18H2,1-2H3,(H2,35,36,37). The van der Waals surface area contributed by atoms with E-state index >= 15 is 0 Å². The van der Waals surface area contributed by atoms with Crippen LogP contribution in [-0.4, -0.2) is 29.5 Å². The number of amides is 2. The van der Waals surface area contributed by atoms with Gasteiger partial charge in [0, 0.05) is 11.8 Å². The average Bonchev–Trinajstić information content (AvgIpc) is 2.84. The van der Waals surface area contributed by atoms with Crippen LogP contribution in [0.2, 0.25) is 0 Å². The molecule has 2 aliphatic carbocycles. The Balaban J connectivity index is 1.89. The van der Waals surface area contributed by atoms with Gasteiger partial charge in [-0.15, -0.1) is 0 Å². The zero-order valence-corrected chi connectivity index (χ0v) is 20.5. The number of alkyl halides is 3. The minimum Gasteiger partial charge on any atom is -0.329 e. The van der Waals surface area contributed by atoms with E-state index in [1.165, 1.54) is 6.08 Å². The fourth-order valence-corrected chi connectivity index (χ4v) is 4.89. The van der Waals surface area contributed by atoms with Crippen molar-refractivity contribution in [2.24, 2.45) is 10.4 Å². The molecule has 3 unspecified atom stereocenters. The second kappa shape index (κ2) is 9.89. The summed E-state index contributed by atoms with van der Waals surface area (Å²) in [5.41, 5.74) is 1.43. The Morgan fingerprint density at radius 3 is 2.46 bits per heavy atom. The smallest absolute Gasteiger partial charge is 0.329 e. The molecular weight excluding hydrogens is 482 g/mol. The second-order valence-electron chi connectivity index (χ2n) is 9.88. The van der Waals surface area contributed by atoms with Gasteiger partial charge >= 0.3 is 12.2 Å². The topological polar surface area (TPSA) is 53.5 Å². The third-order valence-corrected chi connectivity index (χ3v) is 6.92. The molecule has 4 nitrogen and oxygen atoms in total. The van der Waals surface area contributed by atoms with Crippen LogP contribution >= 0.6 is 0 Å². The first-order valence-corrected chi connectivity index (χ1v) is 11.9. The van der Waals surface area contributed by atoms with Crippen LogP contribution in [0.25, 0.3) is 0 Å². The van der Waals surface area contributed by atoms with Crippen LogP contribution in [0.3, 0.4) is 0 Å². The molecule has 37 heavy (non-hydrogen) atoms. The Morgan fingerprint density at radius 1 is 1.08 bits per heavy atom. The highest BCUT2D eigenvalue weighted by molar-refractivity contribution is 5.80. The van der Waals surface area contributed by atoms with Crippen molar-refractivity contribution in [3.8, 4) is 0 Å². The van der Waals surface area contributed by atoms with Gasteiger partial charge in [-0.3, -0.25) is 0 Å². The molecule has 3 atom stereocenters. The van der Waals surface area contributed by atoms with E-state index in [2.05, 4.69) is 27.1 Å². The molecule has 0 aromatic heterocycles. The quantitative estimate of drug-likeness (QED) is 0.331. The summed E-state index contributed by atoms with van der Waals surface area (Å²) in [7, 11) is 0. The molecular formula is C29H27F4N3O. The molecule has 1 heterocycles. The van der Waals surface area contributed by atoms with Crippen molar-refractivity contribution in [3.63, 3.8) is 0 Å². The minimum atomic E-state index is -4.60. The molecule has 2 N–H and O–H groups in total. The van der Waals surface area contributed by atoms with Crippen LogP contribution in [-0.2, 0) is 6.42 Å². The lowest BCUT2D eigenvalue weighted by atomic mass is 9.62. The molecule has 2 amide bonds. The van der Waals surface area contributed by atoms with Crippen LogP contribution in [0.1, 0.15) is 32.3 Å². The summed E-state index contributed by atoms with van der Waals surface area (Å²) in [6.07, 6.45) is 8.13. The molecule has 0 spiro atoms. The number of urea groups is 1. The van der Waals surface area contributed by atoms with Crippen LogP contribution in [0.5, 0.6) is 0 Å². The Hall–Kier alpha value is -3.86. The summed E-state index contributed by atoms with van der Waals surface area (Å²) in [4.78, 5) is 17.8. The number of aliphatic imine (C=N–C) groups is 1. The lowest BCUT2D eigenvalue weighted by Gasteiger charge is -2.49. The molecule has 1 aromatic rings. The fourth-order valence-electron chi connectivity index (χ4n) is 4.89. The van der Waals surface area contributed by atoms with Gasteiger partial charge in [-0.2, -0.15) is 17.6 Å². The number of carbonyl (C=O) groups excluding carboxylic acids is 1. The van der Waals surface area contributed by atoms with Gasteiger partial charge in [-0.25, -0.2) is 9.79 Å². The fraction of sp³-hybridized carbons (Fsp3) is 0.310. The number of halogens is 4. The molecule has 0 fully saturated rings. The summed E-state index contributed by atoms with van der Waals surface area (Å²) in [6.45, 7) is 3.48. The third kappa shape index (κ3) is 5.61. The first kappa shape index (κ1) is 26.2. The lowest BCUT2D eigenvalue weighted by Crippen LogP contribution is -2.64. The van der Waals surface area contributed by atoms with Crippen molar-refractivity contribution in [1.29, 1.82) is 0 Å². The van der Waals surface area contributed by atoms with Gasteiger partial charge in [0.15, 0.2) is 5.83 Å². The van der Waals surface area contributed by atoms with Crippen LogP contribution in [0, 0.1) is 5.41 Å². The van der Waals surface area contributed by atoms with Crippen molar-refractivity contribution in [2.45, 2.75) is 50.4 Å². The Labute approximate surface area is 213 Å². The van der Waals surface area contributed by atoms with Crippen LogP contribution < -0.4 is 10.6 Å². The predicted molar refractivity (Wildman–Crippen MR) is 136 cm³/mol. The molecule has 3 aliphatic rings. The molecule has 0 bridgehead atoms. The average molecular weight is 510 g/mol. The van der Waals surface area contributed by atoms with E-state index in [1.54, 1.807) is 19.1 Å². The Morgan fingerprint density at radius 2 is 1.84 bits per heavy atom. The predicted octanol–water partition coefficient (Wildman–Crippen LogP) is 6.57. The number of nitrogens with zero attached hydrogens (tertiary/aromatic N) is 1. The zero-order chi connectivity index (χ0) is 26.7. The maximum atomic E-state index is 13.9. The second-order valence-corrected chi connectivity index (χ2v) is 9.88. The van der Waals surface area contributed by atoms with Crippen molar-refractivity contribution >= 4 is 12.2 Å². The summed E-state index contributed by atoms with van der Waals surface area (Å²) < 4.78 is 55.4. The number of hydrogen-bond acceptors (Lipinski definition) is 2. The number of allylic oxidation sites excluding steroid dienone is 6. The summed E-state index contributed by atoms with van der Waals surface area (Å²) in [6, 6.07) is 8.44. The number of nitrogens with one attached hydrogen (secondary N) is 2. The molecule has 192 valence electrons. The van der Waals surface area contributed by atoms with E-state index in [-0.39, 0.29) is 18.5 Å². The molecule has 0 saturated heterocycles. The van der Waals surface area contributed by atoms with Gasteiger partial charge in [0.2, 0.25) is 0 Å². The lowest BCUT2D eigenvalue weighted by molar-refractivity contribution is -0.0897. The zero-order valence-electron chi connectivity index (χ0n) is 20.5. The normalized spacial score (nSPS) is 26.2. The SMILES string of the molecule is CC1(NC(=O)NC(Cc2ccccc2)(C2=C=C=C(F)C=N2)C2(C)C=C(C(F)(F)F)C=CC2)C=CC=CC1. The van der Waals surface area contributed by atoms with Crippen molar-refractivity contribution < 1.29 is 22.4 Å². The van der Waals surface area contributed by atoms with E-state index in [0.717, 1.165) is 23.9 Å². The van der Waals surface area contributed by atoms with E-state index < -0.39 is 40.1 Å². The van der Waals surface area contributed by atoms with Gasteiger partial charge in [0.25, 0.3) is 0 Å². The Kier molecular flexibility index (Phi) is 7.00. The first-order chi connectivity index (χ1) is 17.4. The van der Waals surface area contributed by atoms with E-state index in [4.69, 9.17) is 0 Å². The van der Waals surface area contributed by atoms with E-state index in [1.807, 2.05) is 49.4 Å². The van der Waals surface area contributed by atoms with Gasteiger partial charge in [-0.1, -0.05) is 79.8 Å². The minimum absolute atomic E-state index is 0.0721. The van der Waals surface area contributed by atoms with Crippen molar-refractivity contribution in [3.05, 3.63) is 107 Å². The third-order valence-electron chi connectivity index (χ3n) is 6.92. The maximum Gasteiger partial charge on any atom is 0.416 e. The summed E-state index contributed by atoms with van der Waals surface area (Å²) in [5.74, 6) is -0.770. The molecule has 8 heteroatoms. The van der Waals surface area contributed by atoms with Crippen molar-refractivity contribution in [1.82, 2.24) is 10.6 Å². The van der Waals surface area contributed by atoms with Gasteiger partial charge < -0.3 is 10.6 Å². The number of carbonyl (C=O) groups is 1. The molecule has 0 radical (unpaired) electrons. The maximum absolute atomic E-state index is 13.9. The van der Waals surface area contributed by atoms with Crippen LogP contribution in [0.15, 0.2) is 106 Å². The summed E-state index contributed by atoms with van der Waals surface area (Å²) in [5, 5.41) is 5.92. The number of rotatable bonds is 6. The molecule has 4 rings (SSSR count). The molecule has 0 saturated carbocycles.